The van der Waals surface area contributed by atoms with Crippen LogP contribution in [0.25, 0.3) is 21.7 Å². The van der Waals surface area contributed by atoms with E-state index >= 15 is 0 Å². The standard InChI is InChI=1S/C19H17F3N4O4S/c20-19(21,22)30-12-6-13(16-23-4-5-31-16)15-14(7-12)24-17(29-15)25-8-10-2-1-3-11(9-25)26(10)18(27)28/h4-7,10-11H,1-3,8-9H2,(H,27,28). The van der Waals surface area contributed by atoms with Crippen LogP contribution in [0.2, 0.25) is 0 Å². The Hall–Kier alpha value is -3.02. The number of carbonyl (C=O) groups is 1. The summed E-state index contributed by atoms with van der Waals surface area (Å²) in [5.41, 5.74) is 0.882. The highest BCUT2D eigenvalue weighted by Crippen LogP contribution is 2.39. The summed E-state index contributed by atoms with van der Waals surface area (Å²) in [6.07, 6.45) is -1.79. The second-order valence-corrected chi connectivity index (χ2v) is 8.43. The minimum atomic E-state index is -4.84. The molecule has 2 aromatic heterocycles. The Morgan fingerprint density at radius 2 is 2.00 bits per heavy atom. The molecule has 2 atom stereocenters. The molecule has 2 aliphatic rings. The number of rotatable bonds is 3. The molecule has 164 valence electrons. The molecule has 2 aliphatic heterocycles. The summed E-state index contributed by atoms with van der Waals surface area (Å²) in [6, 6.07) is 2.31. The van der Waals surface area contributed by atoms with Gasteiger partial charge in [-0.15, -0.1) is 24.5 Å². The molecule has 1 N–H and O–H groups in total. The third kappa shape index (κ3) is 3.75. The second kappa shape index (κ2) is 7.29. The fourth-order valence-electron chi connectivity index (χ4n) is 4.41. The predicted octanol–water partition coefficient (Wildman–Crippen LogP) is 4.57. The van der Waals surface area contributed by atoms with E-state index in [4.69, 9.17) is 4.42 Å². The number of piperidine rings is 1. The molecule has 3 aromatic rings. The summed E-state index contributed by atoms with van der Waals surface area (Å²) >= 11 is 1.26. The quantitative estimate of drug-likeness (QED) is 0.620. The third-order valence-electron chi connectivity index (χ3n) is 5.56. The molecule has 0 saturated carbocycles. The first-order valence-electron chi connectivity index (χ1n) is 9.65. The van der Waals surface area contributed by atoms with Crippen molar-refractivity contribution in [2.75, 3.05) is 18.0 Å². The van der Waals surface area contributed by atoms with Crippen molar-refractivity contribution >= 4 is 34.5 Å². The van der Waals surface area contributed by atoms with Crippen LogP contribution in [0, 0.1) is 0 Å². The van der Waals surface area contributed by atoms with Crippen molar-refractivity contribution in [3.05, 3.63) is 23.7 Å². The number of hydrogen-bond acceptors (Lipinski definition) is 7. The number of oxazole rings is 1. The molecule has 2 bridgehead atoms. The Morgan fingerprint density at radius 1 is 1.26 bits per heavy atom. The average Bonchev–Trinajstić information content (AvgIpc) is 3.34. The van der Waals surface area contributed by atoms with Gasteiger partial charge in [-0.2, -0.15) is 4.98 Å². The van der Waals surface area contributed by atoms with Crippen LogP contribution in [0.3, 0.4) is 0 Å². The van der Waals surface area contributed by atoms with E-state index in [0.717, 1.165) is 19.3 Å². The lowest BCUT2D eigenvalue weighted by Crippen LogP contribution is -2.62. The molecular weight excluding hydrogens is 437 g/mol. The van der Waals surface area contributed by atoms with Gasteiger partial charge in [0.2, 0.25) is 0 Å². The van der Waals surface area contributed by atoms with E-state index in [-0.39, 0.29) is 23.6 Å². The predicted molar refractivity (Wildman–Crippen MR) is 105 cm³/mol. The molecule has 8 nitrogen and oxygen atoms in total. The van der Waals surface area contributed by atoms with Crippen LogP contribution in [-0.2, 0) is 0 Å². The van der Waals surface area contributed by atoms with Gasteiger partial charge in [0, 0.05) is 30.7 Å². The zero-order chi connectivity index (χ0) is 21.8. The van der Waals surface area contributed by atoms with Crippen LogP contribution in [0.1, 0.15) is 19.3 Å². The number of nitrogens with zero attached hydrogens (tertiary/aromatic N) is 4. The monoisotopic (exact) mass is 454 g/mol. The smallest absolute Gasteiger partial charge is 0.465 e. The van der Waals surface area contributed by atoms with Crippen LogP contribution in [0.4, 0.5) is 24.0 Å². The Kier molecular flexibility index (Phi) is 4.68. The molecule has 5 rings (SSSR count). The summed E-state index contributed by atoms with van der Waals surface area (Å²) in [6.45, 7) is 0.822. The molecule has 1 aromatic carbocycles. The van der Waals surface area contributed by atoms with Crippen molar-refractivity contribution in [2.45, 2.75) is 37.7 Å². The van der Waals surface area contributed by atoms with Gasteiger partial charge in [0.05, 0.1) is 17.6 Å². The average molecular weight is 454 g/mol. The Labute approximate surface area is 177 Å². The van der Waals surface area contributed by atoms with Crippen LogP contribution in [0.15, 0.2) is 28.1 Å². The molecule has 0 aliphatic carbocycles. The van der Waals surface area contributed by atoms with Crippen LogP contribution >= 0.6 is 11.3 Å². The normalized spacial score (nSPS) is 21.5. The maximum absolute atomic E-state index is 12.8. The zero-order valence-corrected chi connectivity index (χ0v) is 16.8. The van der Waals surface area contributed by atoms with Gasteiger partial charge in [0.25, 0.3) is 6.01 Å². The van der Waals surface area contributed by atoms with Gasteiger partial charge in [-0.1, -0.05) is 0 Å². The number of anilines is 1. The lowest BCUT2D eigenvalue weighted by Gasteiger charge is -2.48. The summed E-state index contributed by atoms with van der Waals surface area (Å²) < 4.78 is 48.5. The molecule has 31 heavy (non-hydrogen) atoms. The van der Waals surface area contributed by atoms with E-state index in [1.165, 1.54) is 28.4 Å². The molecule has 2 saturated heterocycles. The van der Waals surface area contributed by atoms with Gasteiger partial charge >= 0.3 is 12.5 Å². The Morgan fingerprint density at radius 3 is 2.61 bits per heavy atom. The highest BCUT2D eigenvalue weighted by molar-refractivity contribution is 7.13. The largest absolute Gasteiger partial charge is 0.573 e. The molecule has 4 heterocycles. The summed E-state index contributed by atoms with van der Waals surface area (Å²) in [7, 11) is 0. The number of thiazole rings is 1. The van der Waals surface area contributed by atoms with E-state index in [1.54, 1.807) is 11.6 Å². The van der Waals surface area contributed by atoms with Crippen LogP contribution in [-0.4, -0.2) is 57.6 Å². The van der Waals surface area contributed by atoms with Crippen molar-refractivity contribution in [2.24, 2.45) is 0 Å². The summed E-state index contributed by atoms with van der Waals surface area (Å²) in [5.74, 6) is -0.405. The molecule has 12 heteroatoms. The van der Waals surface area contributed by atoms with E-state index in [9.17, 15) is 23.1 Å². The van der Waals surface area contributed by atoms with Crippen LogP contribution < -0.4 is 9.64 Å². The number of aromatic nitrogens is 2. The highest BCUT2D eigenvalue weighted by atomic mass is 32.1. The number of piperazine rings is 1. The van der Waals surface area contributed by atoms with E-state index in [0.29, 0.717) is 29.2 Å². The van der Waals surface area contributed by atoms with E-state index < -0.39 is 18.2 Å². The molecule has 0 radical (unpaired) electrons. The lowest BCUT2D eigenvalue weighted by atomic mass is 9.92. The first-order chi connectivity index (χ1) is 14.8. The molecule has 0 spiro atoms. The second-order valence-electron chi connectivity index (χ2n) is 7.53. The maximum atomic E-state index is 12.8. The van der Waals surface area contributed by atoms with Crippen molar-refractivity contribution < 1.29 is 32.2 Å². The third-order valence-corrected chi connectivity index (χ3v) is 6.37. The van der Waals surface area contributed by atoms with Gasteiger partial charge in [-0.05, 0) is 25.3 Å². The maximum Gasteiger partial charge on any atom is 0.573 e. The number of ether oxygens (including phenoxy) is 1. The number of amides is 1. The molecule has 2 unspecified atom stereocenters. The first kappa shape index (κ1) is 19.9. The van der Waals surface area contributed by atoms with Gasteiger partial charge in [-0.25, -0.2) is 9.78 Å². The first-order valence-corrected chi connectivity index (χ1v) is 10.5. The van der Waals surface area contributed by atoms with Crippen molar-refractivity contribution in [1.82, 2.24) is 14.9 Å². The number of carboxylic acid groups (broad SMARTS) is 1. The van der Waals surface area contributed by atoms with Crippen molar-refractivity contribution in [1.29, 1.82) is 0 Å². The minimum Gasteiger partial charge on any atom is -0.465 e. The number of alkyl halides is 3. The summed E-state index contributed by atoms with van der Waals surface area (Å²) in [4.78, 5) is 23.6. The Bertz CT molecular complexity index is 1100. The fraction of sp³-hybridized carbons (Fsp3) is 0.421. The number of halogens is 3. The van der Waals surface area contributed by atoms with Crippen LogP contribution in [0.5, 0.6) is 5.75 Å². The van der Waals surface area contributed by atoms with Crippen molar-refractivity contribution in [3.8, 4) is 16.3 Å². The molecule has 1 amide bonds. The molecule has 2 fully saturated rings. The number of hydrogen-bond donors (Lipinski definition) is 1. The number of benzene rings is 1. The number of fused-ring (bicyclic) bond motifs is 3. The van der Waals surface area contributed by atoms with E-state index in [2.05, 4.69) is 14.7 Å². The van der Waals surface area contributed by atoms with Gasteiger partial charge < -0.3 is 19.2 Å². The highest BCUT2D eigenvalue weighted by Gasteiger charge is 2.41. The minimum absolute atomic E-state index is 0.178. The fourth-order valence-corrected chi connectivity index (χ4v) is 5.07. The lowest BCUT2D eigenvalue weighted by molar-refractivity contribution is -0.274. The van der Waals surface area contributed by atoms with Gasteiger partial charge in [-0.3, -0.25) is 4.90 Å². The van der Waals surface area contributed by atoms with Gasteiger partial charge in [0.1, 0.15) is 16.3 Å². The zero-order valence-electron chi connectivity index (χ0n) is 16.0. The summed E-state index contributed by atoms with van der Waals surface area (Å²) in [5, 5.41) is 11.7. The van der Waals surface area contributed by atoms with Crippen molar-refractivity contribution in [3.63, 3.8) is 0 Å². The SMILES string of the molecule is O=C(O)N1C2CCCC1CN(c1nc3cc(OC(F)(F)F)cc(-c4nccs4)c3o1)C2. The van der Waals surface area contributed by atoms with Gasteiger partial charge in [0.15, 0.2) is 5.58 Å². The topological polar surface area (TPSA) is 91.9 Å². The van der Waals surface area contributed by atoms with E-state index in [1.807, 2.05) is 4.90 Å². The molecular formula is C19H17F3N4O4S. The Balaban J connectivity index is 1.54.